The first-order valence-corrected chi connectivity index (χ1v) is 34.7. The Bertz CT molecular complexity index is 2090. The fourth-order valence-electron chi connectivity index (χ4n) is 5.97. The molecule has 0 N–H and O–H groups in total. The molecule has 0 bridgehead atoms. The molecule has 4 aromatic carbocycles. The number of aryl methyl sites for hydroxylation is 5. The summed E-state index contributed by atoms with van der Waals surface area (Å²) >= 11 is 0. The molecule has 96 heavy (non-hydrogen) atoms. The fraction of sp³-hybridized carbons (Fsp3) is 0.543. The Balaban J connectivity index is -0.0000000482. The van der Waals surface area contributed by atoms with Crippen LogP contribution in [-0.2, 0) is 152 Å². The summed E-state index contributed by atoms with van der Waals surface area (Å²) in [4.78, 5) is 7.75. The third-order valence-electron chi connectivity index (χ3n) is 10.6. The largest absolute Gasteiger partial charge is 0.545 e. The smallest absolute Gasteiger partial charge is 0.454 e. The maximum atomic E-state index is 12.2. The average Bonchev–Trinajstić information content (AvgIpc) is 1.65. The molecule has 1 heterocycles. The molecule has 9 nitrogen and oxygen atoms in total. The summed E-state index contributed by atoms with van der Waals surface area (Å²) in [5, 5.41) is 0. The number of hydrogen-bond donors (Lipinski definition) is 0. The molecule has 1 fully saturated rings. The molecule has 555 valence electrons. The Morgan fingerprint density at radius 2 is 0.667 bits per heavy atom. The second-order valence-electron chi connectivity index (χ2n) is 17.6. The summed E-state index contributed by atoms with van der Waals surface area (Å²) in [6.07, 6.45) is 23.7. The Kier molecular flexibility index (Phi) is 147. The fourth-order valence-corrected chi connectivity index (χ4v) is 8.53. The molecular formula is C81H152BO9P2Y3-3. The van der Waals surface area contributed by atoms with Crippen molar-refractivity contribution in [2.45, 2.75) is 268 Å². The van der Waals surface area contributed by atoms with Crippen molar-refractivity contribution in [1.82, 2.24) is 0 Å². The van der Waals surface area contributed by atoms with Crippen molar-refractivity contribution < 1.29 is 139 Å². The first-order chi connectivity index (χ1) is 41.8. The van der Waals surface area contributed by atoms with Gasteiger partial charge in [0.25, 0.3) is 0 Å². The van der Waals surface area contributed by atoms with Gasteiger partial charge >= 0.3 is 23.3 Å². The van der Waals surface area contributed by atoms with E-state index in [9.17, 15) is 4.57 Å². The number of carbonyl (C=O) groups excluding carboxylic acids is 1. The van der Waals surface area contributed by atoms with E-state index in [1.165, 1.54) is 27.8 Å². The normalized spacial score (nSPS) is 10.9. The Labute approximate surface area is 679 Å². The monoisotopic (exact) mass is 1610 g/mol. The van der Waals surface area contributed by atoms with Gasteiger partial charge in [0.15, 0.2) is 0 Å². The van der Waals surface area contributed by atoms with Crippen LogP contribution in [-0.4, -0.2) is 58.1 Å². The van der Waals surface area contributed by atoms with Crippen molar-refractivity contribution in [2.75, 3.05) is 33.0 Å². The second-order valence-corrected chi connectivity index (χ2v) is 20.8. The van der Waals surface area contributed by atoms with E-state index in [2.05, 4.69) is 135 Å². The molecule has 0 atom stereocenters. The van der Waals surface area contributed by atoms with Crippen LogP contribution in [0.15, 0.2) is 146 Å². The van der Waals surface area contributed by atoms with Gasteiger partial charge in [0.2, 0.25) is 0 Å². The van der Waals surface area contributed by atoms with Gasteiger partial charge in [-0.15, -0.1) is 24.3 Å². The van der Waals surface area contributed by atoms with Gasteiger partial charge in [0.1, 0.15) is 0 Å². The first kappa shape index (κ1) is 138. The molecule has 2 aliphatic carbocycles. The van der Waals surface area contributed by atoms with Crippen LogP contribution in [0.4, 0.5) is 0 Å². The molecule has 1 saturated heterocycles. The zero-order valence-corrected chi connectivity index (χ0v) is 72.3. The summed E-state index contributed by atoms with van der Waals surface area (Å²) < 4.78 is 49.2. The maximum absolute atomic E-state index is 12.2. The van der Waals surface area contributed by atoms with Crippen LogP contribution >= 0.6 is 16.2 Å². The molecule has 7 rings (SSSR count). The second kappa shape index (κ2) is 102. The van der Waals surface area contributed by atoms with E-state index >= 15 is 0 Å². The summed E-state index contributed by atoms with van der Waals surface area (Å²) in [5.74, 6) is 0. The topological polar surface area (TPSA) is 98.8 Å². The van der Waals surface area contributed by atoms with Crippen LogP contribution in [0.25, 0.3) is 12.2 Å². The van der Waals surface area contributed by atoms with Crippen molar-refractivity contribution in [3.8, 4) is 0 Å². The summed E-state index contributed by atoms with van der Waals surface area (Å²) in [6.45, 7) is 70.5. The Morgan fingerprint density at radius 1 is 0.438 bits per heavy atom. The van der Waals surface area contributed by atoms with E-state index in [0.29, 0.717) is 39.2 Å². The van der Waals surface area contributed by atoms with Crippen LogP contribution in [0.3, 0.4) is 0 Å². The van der Waals surface area contributed by atoms with Gasteiger partial charge in [0.05, 0.1) is 50.4 Å². The molecule has 1 aliphatic heterocycles. The molecule has 0 unspecified atom stereocenters. The van der Waals surface area contributed by atoms with Gasteiger partial charge in [-0.25, -0.2) is 12.2 Å². The van der Waals surface area contributed by atoms with Gasteiger partial charge in [-0.2, -0.15) is 11.1 Å². The molecule has 4 aromatic rings. The minimum absolute atomic E-state index is 0. The van der Waals surface area contributed by atoms with E-state index in [1.807, 2.05) is 204 Å². The average molecular weight is 1610 g/mol. The molecule has 0 amide bonds. The molecule has 3 aliphatic rings. The third-order valence-corrected chi connectivity index (χ3v) is 14.1. The zero-order valence-electron chi connectivity index (χ0n) is 62.0. The van der Waals surface area contributed by atoms with Gasteiger partial charge < -0.3 is 36.7 Å². The van der Waals surface area contributed by atoms with Crippen LogP contribution in [0.2, 0.25) is 6.82 Å². The number of hydrogen-bond acceptors (Lipinski definition) is 9. The molecule has 0 aromatic heterocycles. The quantitative estimate of drug-likeness (QED) is 0.0499. The van der Waals surface area contributed by atoms with E-state index in [0.717, 1.165) is 36.0 Å². The van der Waals surface area contributed by atoms with Gasteiger partial charge in [0, 0.05) is 98.1 Å². The number of allylic oxidation sites excluding steroid dienone is 8. The maximum Gasteiger partial charge on any atom is 0.454 e. The van der Waals surface area contributed by atoms with Crippen LogP contribution in [0, 0.1) is 40.9 Å². The number of benzene rings is 4. The predicted molar refractivity (Wildman–Crippen MR) is 431 cm³/mol. The summed E-state index contributed by atoms with van der Waals surface area (Å²) in [6, 6.07) is 32.7. The van der Waals surface area contributed by atoms with Crippen molar-refractivity contribution in [3.05, 3.63) is 203 Å². The van der Waals surface area contributed by atoms with Crippen molar-refractivity contribution >= 4 is 42.3 Å². The van der Waals surface area contributed by atoms with E-state index in [-0.39, 0.29) is 161 Å². The Hall–Kier alpha value is -1.25. The van der Waals surface area contributed by atoms with E-state index < -0.39 is 16.2 Å². The van der Waals surface area contributed by atoms with Gasteiger partial charge in [-0.05, 0) is 127 Å². The van der Waals surface area contributed by atoms with Crippen LogP contribution in [0.5, 0.6) is 0 Å². The molecule has 15 heteroatoms. The van der Waals surface area contributed by atoms with Gasteiger partial charge in [-0.3, -0.25) is 24.5 Å². The van der Waals surface area contributed by atoms with E-state index in [1.54, 1.807) is 12.2 Å². The minimum Gasteiger partial charge on any atom is -0.545 e. The molecule has 3 radical (unpaired) electrons. The minimum atomic E-state index is -2.96. The predicted octanol–water partition coefficient (Wildman–Crippen LogP) is 27.9. The molecule has 0 spiro atoms. The van der Waals surface area contributed by atoms with Crippen molar-refractivity contribution in [2.24, 2.45) is 0 Å². The van der Waals surface area contributed by atoms with Crippen molar-refractivity contribution in [1.29, 1.82) is 0 Å². The number of rotatable bonds is 15. The first-order valence-electron chi connectivity index (χ1n) is 31.9. The van der Waals surface area contributed by atoms with E-state index in [4.69, 9.17) is 49.9 Å². The summed E-state index contributed by atoms with van der Waals surface area (Å²) in [7, 11) is -4.08. The van der Waals surface area contributed by atoms with Gasteiger partial charge in [-0.1, -0.05) is 278 Å². The van der Waals surface area contributed by atoms with Crippen LogP contribution in [0.1, 0.15) is 254 Å². The Morgan fingerprint density at radius 3 is 0.833 bits per heavy atom. The molecule has 0 saturated carbocycles. The standard InChI is InChI=1S/C12H19O3P.C9H12.2C9H9.C7H15BO2.C6H15O3P.2C5H6.6C2H6.CHO.6CH4.3Y/c1-4-14-16(13,15-5-2)10-12-8-6-11(3)7-9-12;3*1-3-9-6-4-8(2)5-7-9;1-6(2)7(3,4)10-8(5)9-6;1-4-7-10(8-5-2)9-6-3;2*1-2-4-5-3-1;7*1-2;;;;;;;;;/h6-9H,4-5,10H2,1-3H3;4-7H,3H2,1-2H3;2*1,3-7H,2H3;1-5H3;4-6H2,1-3H3;2*1-4H,5H2;6*1-2H3;1H;6*1H4;;;/q;;2*-1;;;;;;;;;;;-1;;;;;;;;;. The van der Waals surface area contributed by atoms with Crippen LogP contribution < -0.4 is 0 Å². The zero-order chi connectivity index (χ0) is 69.0. The molecular weight excluding hydrogens is 1460 g/mol. The van der Waals surface area contributed by atoms with Crippen molar-refractivity contribution in [3.63, 3.8) is 0 Å². The SMILES string of the molecule is C.C.C.C.C.C.C1=CCC=C1.C1=CCC=C1.CB1OC(C)(C)C(C)(C)O1.CC.CC.CC.CC.CC.CC.CCOP(=O)(Cc1ccc(C)cc1)OCC.CCOP(OCC)OCC.CCc1ccc(C)cc1.[CH-]=Cc1ccc(C)cc1.[CH-]=Cc1ccc(C)cc1.[CH-]=O.[Y].[Y].[Y]. The summed E-state index contributed by atoms with van der Waals surface area (Å²) in [5.41, 5.74) is 9.27. The third kappa shape index (κ3) is 85.2.